The van der Waals surface area contributed by atoms with Crippen LogP contribution in [0.3, 0.4) is 0 Å². The van der Waals surface area contributed by atoms with Crippen LogP contribution >= 0.6 is 0 Å². The molecule has 1 saturated heterocycles. The van der Waals surface area contributed by atoms with Gasteiger partial charge in [-0.05, 0) is 26.9 Å². The third-order valence-electron chi connectivity index (χ3n) is 3.73. The molecule has 1 aliphatic rings. The summed E-state index contributed by atoms with van der Waals surface area (Å²) in [5.74, 6) is 1.83. The van der Waals surface area contributed by atoms with Crippen molar-refractivity contribution in [2.45, 2.75) is 25.8 Å². The van der Waals surface area contributed by atoms with Gasteiger partial charge in [0.2, 0.25) is 0 Å². The lowest BCUT2D eigenvalue weighted by Crippen LogP contribution is -2.23. The molecule has 0 aromatic carbocycles. The zero-order valence-electron chi connectivity index (χ0n) is 12.2. The number of nitrogens with zero attached hydrogens (tertiary/aromatic N) is 3. The molecule has 0 unspecified atom stereocenters. The Morgan fingerprint density at radius 2 is 2.48 bits per heavy atom. The zero-order valence-corrected chi connectivity index (χ0v) is 12.2. The van der Waals surface area contributed by atoms with Crippen molar-refractivity contribution < 1.29 is 9.32 Å². The molecule has 3 heterocycles. The molecule has 7 nitrogen and oxygen atoms in total. The Kier molecular flexibility index (Phi) is 3.74. The van der Waals surface area contributed by atoms with Gasteiger partial charge in [-0.2, -0.15) is 0 Å². The number of carbonyl (C=O) groups is 1. The largest absolute Gasteiger partial charge is 0.361 e. The van der Waals surface area contributed by atoms with Crippen molar-refractivity contribution in [3.63, 3.8) is 0 Å². The highest BCUT2D eigenvalue weighted by Crippen LogP contribution is 2.23. The lowest BCUT2D eigenvalue weighted by Gasteiger charge is -2.07. The van der Waals surface area contributed by atoms with E-state index in [0.717, 1.165) is 31.0 Å². The Morgan fingerprint density at radius 1 is 1.62 bits per heavy atom. The van der Waals surface area contributed by atoms with E-state index in [-0.39, 0.29) is 5.91 Å². The summed E-state index contributed by atoms with van der Waals surface area (Å²) < 4.78 is 4.88. The SMILES string of the molecule is Cc1cc(C(=O)NCc2cnc([C@H]3CCN(C)C3)[nH]2)no1. The molecule has 7 heteroatoms. The Labute approximate surface area is 122 Å². The predicted molar refractivity (Wildman–Crippen MR) is 75.9 cm³/mol. The van der Waals surface area contributed by atoms with Gasteiger partial charge in [0.05, 0.1) is 18.4 Å². The second-order valence-corrected chi connectivity index (χ2v) is 5.55. The minimum atomic E-state index is -0.247. The molecule has 1 amide bonds. The van der Waals surface area contributed by atoms with Gasteiger partial charge in [0, 0.05) is 18.5 Å². The molecule has 0 bridgehead atoms. The summed E-state index contributed by atoms with van der Waals surface area (Å²) in [7, 11) is 2.12. The third-order valence-corrected chi connectivity index (χ3v) is 3.73. The van der Waals surface area contributed by atoms with Crippen molar-refractivity contribution in [2.75, 3.05) is 20.1 Å². The monoisotopic (exact) mass is 289 g/mol. The maximum absolute atomic E-state index is 11.9. The number of likely N-dealkylation sites (tertiary alicyclic amines) is 1. The first kappa shape index (κ1) is 13.8. The summed E-state index contributed by atoms with van der Waals surface area (Å²) in [5, 5.41) is 6.48. The molecule has 112 valence electrons. The summed E-state index contributed by atoms with van der Waals surface area (Å²) in [4.78, 5) is 21.9. The van der Waals surface area contributed by atoms with Gasteiger partial charge < -0.3 is 19.7 Å². The zero-order chi connectivity index (χ0) is 14.8. The molecule has 1 atom stereocenters. The van der Waals surface area contributed by atoms with Gasteiger partial charge in [-0.15, -0.1) is 0 Å². The van der Waals surface area contributed by atoms with E-state index in [1.807, 2.05) is 0 Å². The number of aromatic nitrogens is 3. The van der Waals surface area contributed by atoms with Crippen LogP contribution in [0.15, 0.2) is 16.8 Å². The van der Waals surface area contributed by atoms with E-state index in [2.05, 4.69) is 32.4 Å². The molecule has 1 fully saturated rings. The quantitative estimate of drug-likeness (QED) is 0.878. The molecule has 3 rings (SSSR count). The van der Waals surface area contributed by atoms with Gasteiger partial charge in [-0.3, -0.25) is 4.79 Å². The van der Waals surface area contributed by atoms with Crippen molar-refractivity contribution in [2.24, 2.45) is 0 Å². The van der Waals surface area contributed by atoms with Crippen LogP contribution in [0.5, 0.6) is 0 Å². The number of rotatable bonds is 4. The molecule has 0 saturated carbocycles. The van der Waals surface area contributed by atoms with Crippen LogP contribution in [0.2, 0.25) is 0 Å². The minimum Gasteiger partial charge on any atom is -0.361 e. The smallest absolute Gasteiger partial charge is 0.273 e. The van der Waals surface area contributed by atoms with Crippen LogP contribution in [-0.4, -0.2) is 46.1 Å². The fraction of sp³-hybridized carbons (Fsp3) is 0.500. The van der Waals surface area contributed by atoms with E-state index >= 15 is 0 Å². The van der Waals surface area contributed by atoms with Crippen LogP contribution in [0.25, 0.3) is 0 Å². The normalized spacial score (nSPS) is 19.0. The number of nitrogens with one attached hydrogen (secondary N) is 2. The van der Waals surface area contributed by atoms with Crippen molar-refractivity contribution in [3.05, 3.63) is 35.2 Å². The second-order valence-electron chi connectivity index (χ2n) is 5.55. The maximum atomic E-state index is 11.9. The van der Waals surface area contributed by atoms with Crippen LogP contribution in [0.4, 0.5) is 0 Å². The first-order chi connectivity index (χ1) is 10.1. The first-order valence-corrected chi connectivity index (χ1v) is 7.05. The number of hydrogen-bond donors (Lipinski definition) is 2. The average molecular weight is 289 g/mol. The molecular formula is C14H19N5O2. The number of aryl methyl sites for hydroxylation is 1. The molecule has 2 aromatic heterocycles. The molecular weight excluding hydrogens is 270 g/mol. The van der Waals surface area contributed by atoms with E-state index in [0.29, 0.717) is 23.9 Å². The number of carbonyl (C=O) groups excluding carboxylic acids is 1. The molecule has 0 radical (unpaired) electrons. The van der Waals surface area contributed by atoms with Crippen LogP contribution in [0, 0.1) is 6.92 Å². The van der Waals surface area contributed by atoms with E-state index in [1.165, 1.54) is 0 Å². The molecule has 0 aliphatic carbocycles. The standard InChI is InChI=1S/C14H19N5O2/c1-9-5-12(18-21-9)14(20)16-7-11-6-15-13(17-11)10-3-4-19(2)8-10/h5-6,10H,3-4,7-8H2,1-2H3,(H,15,17)(H,16,20)/t10-/m0/s1. The first-order valence-electron chi connectivity index (χ1n) is 7.05. The van der Waals surface area contributed by atoms with Gasteiger partial charge in [0.15, 0.2) is 5.69 Å². The fourth-order valence-electron chi connectivity index (χ4n) is 2.57. The highest BCUT2D eigenvalue weighted by molar-refractivity contribution is 5.92. The van der Waals surface area contributed by atoms with Crippen LogP contribution in [0.1, 0.15) is 40.1 Å². The third kappa shape index (κ3) is 3.13. The summed E-state index contributed by atoms with van der Waals surface area (Å²) in [5.41, 5.74) is 1.19. The lowest BCUT2D eigenvalue weighted by atomic mass is 10.1. The molecule has 1 aliphatic heterocycles. The van der Waals surface area contributed by atoms with Gasteiger partial charge in [-0.1, -0.05) is 5.16 Å². The highest BCUT2D eigenvalue weighted by atomic mass is 16.5. The predicted octanol–water partition coefficient (Wildman–Crippen LogP) is 1.06. The van der Waals surface area contributed by atoms with Gasteiger partial charge in [0.1, 0.15) is 11.6 Å². The van der Waals surface area contributed by atoms with Crippen molar-refractivity contribution in [3.8, 4) is 0 Å². The maximum Gasteiger partial charge on any atom is 0.273 e. The second kappa shape index (κ2) is 5.69. The van der Waals surface area contributed by atoms with E-state index in [4.69, 9.17) is 4.52 Å². The molecule has 0 spiro atoms. The summed E-state index contributed by atoms with van der Waals surface area (Å²) in [6.07, 6.45) is 2.90. The van der Waals surface area contributed by atoms with Gasteiger partial charge in [0.25, 0.3) is 5.91 Å². The summed E-state index contributed by atoms with van der Waals surface area (Å²) in [6.45, 7) is 4.28. The van der Waals surface area contributed by atoms with E-state index in [9.17, 15) is 4.79 Å². The lowest BCUT2D eigenvalue weighted by molar-refractivity contribution is 0.0941. The topological polar surface area (TPSA) is 87.0 Å². The number of likely N-dealkylation sites (N-methyl/N-ethyl adjacent to an activating group) is 1. The number of aromatic amines is 1. The number of hydrogen-bond acceptors (Lipinski definition) is 5. The van der Waals surface area contributed by atoms with Crippen molar-refractivity contribution >= 4 is 5.91 Å². The number of H-pyrrole nitrogens is 1. The molecule has 2 N–H and O–H groups in total. The Bertz CT molecular complexity index is 633. The van der Waals surface area contributed by atoms with Crippen LogP contribution in [-0.2, 0) is 6.54 Å². The average Bonchev–Trinajstić information content (AvgIpc) is 3.16. The molecule has 2 aromatic rings. The number of amides is 1. The Morgan fingerprint density at radius 3 is 3.14 bits per heavy atom. The van der Waals surface area contributed by atoms with Gasteiger partial charge in [-0.25, -0.2) is 4.98 Å². The van der Waals surface area contributed by atoms with Gasteiger partial charge >= 0.3 is 0 Å². The number of imidazole rings is 1. The summed E-state index contributed by atoms with van der Waals surface area (Å²) in [6, 6.07) is 1.61. The molecule has 21 heavy (non-hydrogen) atoms. The summed E-state index contributed by atoms with van der Waals surface area (Å²) >= 11 is 0. The van der Waals surface area contributed by atoms with Crippen molar-refractivity contribution in [1.29, 1.82) is 0 Å². The minimum absolute atomic E-state index is 0.247. The Balaban J connectivity index is 1.56. The van der Waals surface area contributed by atoms with E-state index in [1.54, 1.807) is 19.2 Å². The highest BCUT2D eigenvalue weighted by Gasteiger charge is 2.23. The van der Waals surface area contributed by atoms with E-state index < -0.39 is 0 Å². The van der Waals surface area contributed by atoms with Crippen molar-refractivity contribution in [1.82, 2.24) is 25.3 Å². The Hall–Kier alpha value is -2.15. The fourth-order valence-corrected chi connectivity index (χ4v) is 2.57. The van der Waals surface area contributed by atoms with Crippen LogP contribution < -0.4 is 5.32 Å².